The highest BCUT2D eigenvalue weighted by Crippen LogP contribution is 2.18. The molecule has 1 aliphatic rings. The van der Waals surface area contributed by atoms with Crippen LogP contribution in [-0.2, 0) is 0 Å². The van der Waals surface area contributed by atoms with Crippen molar-refractivity contribution in [1.82, 2.24) is 10.3 Å². The third kappa shape index (κ3) is 2.18. The molecule has 5 heteroatoms. The van der Waals surface area contributed by atoms with Gasteiger partial charge >= 0.3 is 6.03 Å². The Morgan fingerprint density at radius 1 is 1.62 bits per heavy atom. The van der Waals surface area contributed by atoms with Gasteiger partial charge in [0, 0.05) is 17.6 Å². The molecule has 0 aliphatic heterocycles. The molecule has 0 unspecified atom stereocenters. The summed E-state index contributed by atoms with van der Waals surface area (Å²) in [6, 6.07) is 0.236. The highest BCUT2D eigenvalue weighted by atomic mass is 32.1. The van der Waals surface area contributed by atoms with Gasteiger partial charge in [0.05, 0.1) is 0 Å². The topological polar surface area (TPSA) is 54.0 Å². The van der Waals surface area contributed by atoms with Crippen LogP contribution < -0.4 is 10.6 Å². The predicted octanol–water partition coefficient (Wildman–Crippen LogP) is 1.82. The zero-order valence-corrected chi connectivity index (χ0v) is 7.93. The SMILES string of the molecule is O=C(Nc1nccs1)NC1CCC1. The van der Waals surface area contributed by atoms with Gasteiger partial charge < -0.3 is 5.32 Å². The Morgan fingerprint density at radius 3 is 3.00 bits per heavy atom. The molecule has 1 aliphatic carbocycles. The number of thiazole rings is 1. The zero-order valence-electron chi connectivity index (χ0n) is 7.12. The molecule has 0 spiro atoms. The second-order valence-electron chi connectivity index (χ2n) is 3.06. The second kappa shape index (κ2) is 3.74. The average molecular weight is 197 g/mol. The standard InChI is InChI=1S/C8H11N3OS/c12-7(10-6-2-1-3-6)11-8-9-4-5-13-8/h4-6H,1-3H2,(H2,9,10,11,12). The summed E-state index contributed by atoms with van der Waals surface area (Å²) < 4.78 is 0. The minimum Gasteiger partial charge on any atom is -0.335 e. The van der Waals surface area contributed by atoms with E-state index in [4.69, 9.17) is 0 Å². The van der Waals surface area contributed by atoms with Crippen LogP contribution in [0.2, 0.25) is 0 Å². The molecule has 0 atom stereocenters. The number of carbonyl (C=O) groups excluding carboxylic acids is 1. The summed E-state index contributed by atoms with van der Waals surface area (Å²) in [4.78, 5) is 15.2. The first kappa shape index (κ1) is 8.50. The van der Waals surface area contributed by atoms with Crippen molar-refractivity contribution in [3.8, 4) is 0 Å². The zero-order chi connectivity index (χ0) is 9.10. The predicted molar refractivity (Wildman–Crippen MR) is 51.9 cm³/mol. The Hall–Kier alpha value is -1.10. The van der Waals surface area contributed by atoms with Crippen molar-refractivity contribution in [3.63, 3.8) is 0 Å². The molecule has 1 aromatic heterocycles. The average Bonchev–Trinajstić information content (AvgIpc) is 2.49. The molecule has 4 nitrogen and oxygen atoms in total. The Morgan fingerprint density at radius 2 is 2.46 bits per heavy atom. The number of aromatic nitrogens is 1. The molecule has 70 valence electrons. The van der Waals surface area contributed by atoms with E-state index in [0.717, 1.165) is 12.8 Å². The minimum absolute atomic E-state index is 0.139. The van der Waals surface area contributed by atoms with Crippen LogP contribution in [0.1, 0.15) is 19.3 Å². The molecular weight excluding hydrogens is 186 g/mol. The van der Waals surface area contributed by atoms with Gasteiger partial charge in [-0.1, -0.05) is 0 Å². The number of hydrogen-bond acceptors (Lipinski definition) is 3. The maximum Gasteiger partial charge on any atom is 0.321 e. The lowest BCUT2D eigenvalue weighted by Gasteiger charge is -2.26. The fourth-order valence-corrected chi connectivity index (χ4v) is 1.68. The smallest absolute Gasteiger partial charge is 0.321 e. The normalized spacial score (nSPS) is 16.3. The lowest BCUT2D eigenvalue weighted by Crippen LogP contribution is -2.41. The highest BCUT2D eigenvalue weighted by molar-refractivity contribution is 7.13. The van der Waals surface area contributed by atoms with Crippen LogP contribution in [0.15, 0.2) is 11.6 Å². The van der Waals surface area contributed by atoms with Crippen molar-refractivity contribution in [3.05, 3.63) is 11.6 Å². The van der Waals surface area contributed by atoms with Crippen molar-refractivity contribution in [2.45, 2.75) is 25.3 Å². The molecule has 0 bridgehead atoms. The molecular formula is C8H11N3OS. The summed E-state index contributed by atoms with van der Waals surface area (Å²) in [5.74, 6) is 0. The summed E-state index contributed by atoms with van der Waals surface area (Å²) in [6.07, 6.45) is 5.10. The Bertz CT molecular complexity index is 282. The van der Waals surface area contributed by atoms with Crippen LogP contribution >= 0.6 is 11.3 Å². The van der Waals surface area contributed by atoms with Crippen molar-refractivity contribution < 1.29 is 4.79 Å². The third-order valence-electron chi connectivity index (χ3n) is 2.09. The van der Waals surface area contributed by atoms with Gasteiger partial charge in [0.15, 0.2) is 5.13 Å². The van der Waals surface area contributed by atoms with E-state index in [9.17, 15) is 4.79 Å². The first-order chi connectivity index (χ1) is 6.34. The van der Waals surface area contributed by atoms with E-state index in [2.05, 4.69) is 15.6 Å². The molecule has 1 aromatic rings. The van der Waals surface area contributed by atoms with Crippen molar-refractivity contribution in [1.29, 1.82) is 0 Å². The molecule has 1 saturated carbocycles. The fourth-order valence-electron chi connectivity index (χ4n) is 1.16. The summed E-state index contributed by atoms with van der Waals surface area (Å²) in [5, 5.41) is 8.03. The molecule has 2 rings (SSSR count). The minimum atomic E-state index is -0.139. The molecule has 1 fully saturated rings. The van der Waals surface area contributed by atoms with E-state index in [-0.39, 0.29) is 6.03 Å². The molecule has 1 heterocycles. The van der Waals surface area contributed by atoms with Gasteiger partial charge in [-0.15, -0.1) is 11.3 Å². The summed E-state index contributed by atoms with van der Waals surface area (Å²) in [7, 11) is 0. The second-order valence-corrected chi connectivity index (χ2v) is 3.96. The molecule has 2 N–H and O–H groups in total. The summed E-state index contributed by atoms with van der Waals surface area (Å²) in [6.45, 7) is 0. The maximum absolute atomic E-state index is 11.3. The van der Waals surface area contributed by atoms with Crippen LogP contribution in [0.3, 0.4) is 0 Å². The van der Waals surface area contributed by atoms with Gasteiger partial charge in [-0.2, -0.15) is 0 Å². The van der Waals surface area contributed by atoms with Gasteiger partial charge in [0.1, 0.15) is 0 Å². The van der Waals surface area contributed by atoms with Gasteiger partial charge in [0.2, 0.25) is 0 Å². The van der Waals surface area contributed by atoms with E-state index in [1.54, 1.807) is 6.20 Å². The first-order valence-corrected chi connectivity index (χ1v) is 5.19. The van der Waals surface area contributed by atoms with Crippen LogP contribution in [-0.4, -0.2) is 17.1 Å². The Labute approximate surface area is 80.4 Å². The molecule has 13 heavy (non-hydrogen) atoms. The molecule has 0 radical (unpaired) electrons. The Kier molecular flexibility index (Phi) is 2.44. The van der Waals surface area contributed by atoms with Gasteiger partial charge in [-0.05, 0) is 19.3 Å². The molecule has 0 aromatic carbocycles. The monoisotopic (exact) mass is 197 g/mol. The van der Waals surface area contributed by atoms with E-state index in [1.807, 2.05) is 5.38 Å². The van der Waals surface area contributed by atoms with Crippen LogP contribution in [0.5, 0.6) is 0 Å². The van der Waals surface area contributed by atoms with E-state index in [0.29, 0.717) is 11.2 Å². The molecule has 0 saturated heterocycles. The highest BCUT2D eigenvalue weighted by Gasteiger charge is 2.19. The summed E-state index contributed by atoms with van der Waals surface area (Å²) in [5.41, 5.74) is 0. The van der Waals surface area contributed by atoms with Crippen LogP contribution in [0.25, 0.3) is 0 Å². The number of carbonyl (C=O) groups is 1. The van der Waals surface area contributed by atoms with Crippen molar-refractivity contribution in [2.75, 3.05) is 5.32 Å². The number of nitrogens with zero attached hydrogens (tertiary/aromatic N) is 1. The number of amides is 2. The Balaban J connectivity index is 1.78. The lowest BCUT2D eigenvalue weighted by atomic mass is 9.93. The quantitative estimate of drug-likeness (QED) is 0.759. The van der Waals surface area contributed by atoms with Crippen molar-refractivity contribution >= 4 is 22.5 Å². The van der Waals surface area contributed by atoms with Crippen LogP contribution in [0, 0.1) is 0 Å². The number of hydrogen-bond donors (Lipinski definition) is 2. The number of urea groups is 1. The number of anilines is 1. The first-order valence-electron chi connectivity index (χ1n) is 4.31. The molecule has 2 amide bonds. The van der Waals surface area contributed by atoms with Crippen LogP contribution in [0.4, 0.5) is 9.93 Å². The van der Waals surface area contributed by atoms with E-state index in [1.165, 1.54) is 17.8 Å². The number of nitrogens with one attached hydrogen (secondary N) is 2. The largest absolute Gasteiger partial charge is 0.335 e. The number of rotatable bonds is 2. The van der Waals surface area contributed by atoms with Crippen molar-refractivity contribution in [2.24, 2.45) is 0 Å². The third-order valence-corrected chi connectivity index (χ3v) is 2.78. The lowest BCUT2D eigenvalue weighted by molar-refractivity contribution is 0.240. The van der Waals surface area contributed by atoms with Gasteiger partial charge in [0.25, 0.3) is 0 Å². The summed E-state index contributed by atoms with van der Waals surface area (Å²) >= 11 is 1.42. The fraction of sp³-hybridized carbons (Fsp3) is 0.500. The van der Waals surface area contributed by atoms with Gasteiger partial charge in [-0.3, -0.25) is 5.32 Å². The maximum atomic E-state index is 11.3. The van der Waals surface area contributed by atoms with Gasteiger partial charge in [-0.25, -0.2) is 9.78 Å². The van der Waals surface area contributed by atoms with E-state index < -0.39 is 0 Å². The van der Waals surface area contributed by atoms with E-state index >= 15 is 0 Å².